The zero-order chi connectivity index (χ0) is 11.8. The molecule has 0 radical (unpaired) electrons. The van der Waals surface area contributed by atoms with Crippen LogP contribution >= 0.6 is 0 Å². The minimum absolute atomic E-state index is 0.663. The predicted octanol–water partition coefficient (Wildman–Crippen LogP) is 1.60. The number of fused-ring (bicyclic) bond motifs is 1. The maximum absolute atomic E-state index is 11.2. The summed E-state index contributed by atoms with van der Waals surface area (Å²) in [7, 11) is 0. The smallest absolute Gasteiger partial charge is 0.168 e. The summed E-state index contributed by atoms with van der Waals surface area (Å²) in [6.45, 7) is 3.51. The molecule has 1 aromatic heterocycles. The molecule has 0 atom stereocenters. The number of aryl methyl sites for hydroxylation is 1. The van der Waals surface area contributed by atoms with Crippen LogP contribution in [0.4, 0.5) is 0 Å². The molecule has 2 aromatic rings. The van der Waals surface area contributed by atoms with E-state index in [-0.39, 0.29) is 0 Å². The fourth-order valence-corrected chi connectivity index (χ4v) is 2.23. The fourth-order valence-electron chi connectivity index (χ4n) is 2.23. The van der Waals surface area contributed by atoms with Gasteiger partial charge in [0, 0.05) is 18.7 Å². The third kappa shape index (κ3) is 1.57. The normalized spacial score (nSPS) is 13.7. The maximum Gasteiger partial charge on any atom is 0.168 e. The first-order valence-electron chi connectivity index (χ1n) is 5.63. The zero-order valence-corrected chi connectivity index (χ0v) is 9.60. The standard InChI is InChI=1S/C13H13N3O/c1-9-3-2-4-10(5-9)16-13(8-17)11-6-14-7-12(11)15-16/h2-5,8,14H,6-7H2,1H3. The summed E-state index contributed by atoms with van der Waals surface area (Å²) in [5.74, 6) is 0. The Morgan fingerprint density at radius 1 is 1.41 bits per heavy atom. The quantitative estimate of drug-likeness (QED) is 0.793. The van der Waals surface area contributed by atoms with E-state index in [4.69, 9.17) is 0 Å². The van der Waals surface area contributed by atoms with Gasteiger partial charge in [0.2, 0.25) is 0 Å². The van der Waals surface area contributed by atoms with Crippen molar-refractivity contribution in [3.05, 3.63) is 46.8 Å². The monoisotopic (exact) mass is 227 g/mol. The van der Waals surface area contributed by atoms with E-state index >= 15 is 0 Å². The van der Waals surface area contributed by atoms with Gasteiger partial charge in [-0.25, -0.2) is 4.68 Å². The molecule has 2 heterocycles. The van der Waals surface area contributed by atoms with Gasteiger partial charge in [-0.15, -0.1) is 0 Å². The van der Waals surface area contributed by atoms with E-state index in [1.807, 2.05) is 31.2 Å². The average Bonchev–Trinajstić information content (AvgIpc) is 2.88. The fraction of sp³-hybridized carbons (Fsp3) is 0.231. The minimum atomic E-state index is 0.663. The number of aromatic nitrogens is 2. The SMILES string of the molecule is Cc1cccc(-n2nc3c(c2C=O)CNC3)c1. The molecule has 1 N–H and O–H groups in total. The molecule has 0 spiro atoms. The topological polar surface area (TPSA) is 46.9 Å². The zero-order valence-electron chi connectivity index (χ0n) is 9.60. The van der Waals surface area contributed by atoms with Gasteiger partial charge in [0.25, 0.3) is 0 Å². The van der Waals surface area contributed by atoms with Gasteiger partial charge in [0.15, 0.2) is 6.29 Å². The van der Waals surface area contributed by atoms with Crippen molar-refractivity contribution in [2.75, 3.05) is 0 Å². The van der Waals surface area contributed by atoms with E-state index in [1.54, 1.807) is 4.68 Å². The number of carbonyl (C=O) groups excluding carboxylic acids is 1. The number of hydrogen-bond donors (Lipinski definition) is 1. The number of rotatable bonds is 2. The first kappa shape index (κ1) is 10.2. The van der Waals surface area contributed by atoms with Gasteiger partial charge >= 0.3 is 0 Å². The molecule has 0 saturated carbocycles. The summed E-state index contributed by atoms with van der Waals surface area (Å²) in [6, 6.07) is 8.01. The number of nitrogens with one attached hydrogen (secondary N) is 1. The summed E-state index contributed by atoms with van der Waals surface area (Å²) in [5, 5.41) is 7.69. The first-order valence-corrected chi connectivity index (χ1v) is 5.63. The van der Waals surface area contributed by atoms with Crippen molar-refractivity contribution in [2.24, 2.45) is 0 Å². The lowest BCUT2D eigenvalue weighted by molar-refractivity contribution is 0.111. The Morgan fingerprint density at radius 3 is 3.06 bits per heavy atom. The van der Waals surface area contributed by atoms with Gasteiger partial charge in [0.05, 0.1) is 11.4 Å². The molecule has 86 valence electrons. The van der Waals surface area contributed by atoms with Crippen LogP contribution in [-0.4, -0.2) is 16.1 Å². The highest BCUT2D eigenvalue weighted by atomic mass is 16.1. The van der Waals surface area contributed by atoms with Crippen molar-refractivity contribution in [3.63, 3.8) is 0 Å². The molecule has 1 aliphatic heterocycles. The van der Waals surface area contributed by atoms with Crippen molar-refractivity contribution < 1.29 is 4.79 Å². The highest BCUT2D eigenvalue weighted by Crippen LogP contribution is 2.21. The van der Waals surface area contributed by atoms with E-state index in [0.717, 1.165) is 41.9 Å². The molecule has 0 amide bonds. The molecule has 1 aromatic carbocycles. The number of benzene rings is 1. The van der Waals surface area contributed by atoms with Crippen molar-refractivity contribution in [3.8, 4) is 5.69 Å². The summed E-state index contributed by atoms with van der Waals surface area (Å²) in [5.41, 5.74) is 4.78. The summed E-state index contributed by atoms with van der Waals surface area (Å²) < 4.78 is 1.74. The molecular weight excluding hydrogens is 214 g/mol. The van der Waals surface area contributed by atoms with Crippen LogP contribution in [-0.2, 0) is 13.1 Å². The molecule has 1 aliphatic rings. The van der Waals surface area contributed by atoms with Gasteiger partial charge in [-0.2, -0.15) is 5.10 Å². The van der Waals surface area contributed by atoms with E-state index in [0.29, 0.717) is 5.69 Å². The Bertz CT molecular complexity index is 586. The van der Waals surface area contributed by atoms with Crippen LogP contribution in [0.15, 0.2) is 24.3 Å². The number of carbonyl (C=O) groups is 1. The Balaban J connectivity index is 2.18. The Labute approximate surface area is 99.3 Å². The highest BCUT2D eigenvalue weighted by molar-refractivity contribution is 5.76. The molecule has 0 aliphatic carbocycles. The van der Waals surface area contributed by atoms with Gasteiger partial charge in [-0.1, -0.05) is 12.1 Å². The molecule has 3 rings (SSSR count). The van der Waals surface area contributed by atoms with Crippen LogP contribution in [0.5, 0.6) is 0 Å². The number of hydrogen-bond acceptors (Lipinski definition) is 3. The molecule has 0 unspecified atom stereocenters. The molecule has 4 nitrogen and oxygen atoms in total. The van der Waals surface area contributed by atoms with Crippen LogP contribution in [0.3, 0.4) is 0 Å². The van der Waals surface area contributed by atoms with Crippen molar-refractivity contribution >= 4 is 6.29 Å². The van der Waals surface area contributed by atoms with E-state index in [1.165, 1.54) is 0 Å². The van der Waals surface area contributed by atoms with Crippen molar-refractivity contribution in [2.45, 2.75) is 20.0 Å². The summed E-state index contributed by atoms with van der Waals surface area (Å²) in [6.07, 6.45) is 0.890. The lowest BCUT2D eigenvalue weighted by Gasteiger charge is -2.05. The van der Waals surface area contributed by atoms with Gasteiger partial charge in [0.1, 0.15) is 5.69 Å². The van der Waals surface area contributed by atoms with Crippen LogP contribution in [0, 0.1) is 6.92 Å². The van der Waals surface area contributed by atoms with E-state index in [2.05, 4.69) is 10.4 Å². The second kappa shape index (κ2) is 3.82. The van der Waals surface area contributed by atoms with Crippen molar-refractivity contribution in [1.82, 2.24) is 15.1 Å². The van der Waals surface area contributed by atoms with Crippen molar-refractivity contribution in [1.29, 1.82) is 0 Å². The molecule has 0 fully saturated rings. The maximum atomic E-state index is 11.2. The third-order valence-electron chi connectivity index (χ3n) is 3.06. The van der Waals surface area contributed by atoms with Crippen LogP contribution in [0.25, 0.3) is 5.69 Å². The minimum Gasteiger partial charge on any atom is -0.307 e. The van der Waals surface area contributed by atoms with Gasteiger partial charge < -0.3 is 5.32 Å². The number of aldehydes is 1. The predicted molar refractivity (Wildman–Crippen MR) is 64.2 cm³/mol. The second-order valence-corrected chi connectivity index (χ2v) is 4.28. The molecule has 4 heteroatoms. The van der Waals surface area contributed by atoms with Gasteiger partial charge in [-0.3, -0.25) is 4.79 Å². The second-order valence-electron chi connectivity index (χ2n) is 4.28. The molecular formula is C13H13N3O. The van der Waals surface area contributed by atoms with Crippen LogP contribution in [0.1, 0.15) is 27.3 Å². The first-order chi connectivity index (χ1) is 8.29. The lowest BCUT2D eigenvalue weighted by Crippen LogP contribution is -2.09. The Hall–Kier alpha value is -1.94. The molecule has 17 heavy (non-hydrogen) atoms. The third-order valence-corrected chi connectivity index (χ3v) is 3.06. The average molecular weight is 227 g/mol. The number of nitrogens with zero attached hydrogens (tertiary/aromatic N) is 2. The molecule has 0 bridgehead atoms. The van der Waals surface area contributed by atoms with Crippen LogP contribution in [0.2, 0.25) is 0 Å². The van der Waals surface area contributed by atoms with E-state index < -0.39 is 0 Å². The Morgan fingerprint density at radius 2 is 2.29 bits per heavy atom. The summed E-state index contributed by atoms with van der Waals surface area (Å²) in [4.78, 5) is 11.2. The van der Waals surface area contributed by atoms with E-state index in [9.17, 15) is 4.79 Å². The summed E-state index contributed by atoms with van der Waals surface area (Å²) >= 11 is 0. The van der Waals surface area contributed by atoms with Crippen LogP contribution < -0.4 is 5.32 Å². The lowest BCUT2D eigenvalue weighted by atomic mass is 10.2. The highest BCUT2D eigenvalue weighted by Gasteiger charge is 2.21. The largest absolute Gasteiger partial charge is 0.307 e. The molecule has 0 saturated heterocycles. The Kier molecular flexibility index (Phi) is 2.30. The van der Waals surface area contributed by atoms with Gasteiger partial charge in [-0.05, 0) is 24.6 Å².